The summed E-state index contributed by atoms with van der Waals surface area (Å²) in [6.07, 6.45) is 1.36. The molecule has 0 radical (unpaired) electrons. The first-order chi connectivity index (χ1) is 6.38. The van der Waals surface area contributed by atoms with Crippen molar-refractivity contribution in [2.45, 2.75) is 6.54 Å². The SMILES string of the molecule is N#Cc1ccccc1CNN=C=O. The number of nitrogens with one attached hydrogen (secondary N) is 1. The van der Waals surface area contributed by atoms with Gasteiger partial charge in [0.05, 0.1) is 18.2 Å². The predicted molar refractivity (Wildman–Crippen MR) is 46.1 cm³/mol. The summed E-state index contributed by atoms with van der Waals surface area (Å²) < 4.78 is 0. The molecule has 1 rings (SSSR count). The zero-order valence-electron chi connectivity index (χ0n) is 6.82. The third kappa shape index (κ3) is 2.44. The van der Waals surface area contributed by atoms with Gasteiger partial charge in [-0.15, -0.1) is 0 Å². The van der Waals surface area contributed by atoms with Crippen LogP contribution in [0.4, 0.5) is 0 Å². The van der Waals surface area contributed by atoms with Crippen molar-refractivity contribution < 1.29 is 4.79 Å². The lowest BCUT2D eigenvalue weighted by molar-refractivity contribution is 0.557. The first-order valence-electron chi connectivity index (χ1n) is 3.66. The summed E-state index contributed by atoms with van der Waals surface area (Å²) in [5.74, 6) is 0. The Hall–Kier alpha value is -2.11. The van der Waals surface area contributed by atoms with Gasteiger partial charge in [0.15, 0.2) is 0 Å². The first kappa shape index (κ1) is 8.98. The number of isocyanates is 1. The molecule has 0 saturated carbocycles. The van der Waals surface area contributed by atoms with Crippen molar-refractivity contribution in [1.82, 2.24) is 5.43 Å². The highest BCUT2D eigenvalue weighted by Gasteiger charge is 1.97. The Morgan fingerprint density at radius 2 is 2.23 bits per heavy atom. The highest BCUT2D eigenvalue weighted by molar-refractivity contribution is 5.37. The Balaban J connectivity index is 2.76. The quantitative estimate of drug-likeness (QED) is 0.419. The predicted octanol–water partition coefficient (Wildman–Crippen LogP) is 0.899. The summed E-state index contributed by atoms with van der Waals surface area (Å²) in [6, 6.07) is 9.15. The number of hydrogen-bond donors (Lipinski definition) is 1. The van der Waals surface area contributed by atoms with E-state index in [-0.39, 0.29) is 0 Å². The fourth-order valence-corrected chi connectivity index (χ4v) is 0.941. The molecule has 0 amide bonds. The van der Waals surface area contributed by atoms with E-state index in [1.54, 1.807) is 18.2 Å². The van der Waals surface area contributed by atoms with Gasteiger partial charge in [-0.2, -0.15) is 5.26 Å². The molecule has 1 N–H and O–H groups in total. The maximum absolute atomic E-state index is 9.73. The lowest BCUT2D eigenvalue weighted by atomic mass is 10.1. The largest absolute Gasteiger partial charge is 0.295 e. The number of carbonyl (C=O) groups excluding carboxylic acids is 1. The van der Waals surface area contributed by atoms with E-state index in [0.29, 0.717) is 12.1 Å². The third-order valence-electron chi connectivity index (χ3n) is 1.53. The molecule has 0 spiro atoms. The van der Waals surface area contributed by atoms with Gasteiger partial charge in [-0.1, -0.05) is 23.3 Å². The normalized spacial score (nSPS) is 8.23. The average molecular weight is 173 g/mol. The van der Waals surface area contributed by atoms with Crippen molar-refractivity contribution in [2.24, 2.45) is 5.10 Å². The molecule has 0 aliphatic rings. The molecule has 1 aromatic carbocycles. The molecular weight excluding hydrogens is 166 g/mol. The van der Waals surface area contributed by atoms with Crippen LogP contribution in [0.2, 0.25) is 0 Å². The van der Waals surface area contributed by atoms with Crippen molar-refractivity contribution in [1.29, 1.82) is 5.26 Å². The van der Waals surface area contributed by atoms with Crippen LogP contribution < -0.4 is 5.43 Å². The highest BCUT2D eigenvalue weighted by Crippen LogP contribution is 2.06. The summed E-state index contributed by atoms with van der Waals surface area (Å²) in [4.78, 5) is 9.73. The van der Waals surface area contributed by atoms with Crippen LogP contribution >= 0.6 is 0 Å². The zero-order valence-corrected chi connectivity index (χ0v) is 6.82. The van der Waals surface area contributed by atoms with Gasteiger partial charge in [0.1, 0.15) is 0 Å². The molecule has 0 fully saturated rings. The molecular formula is C9H7N3O. The average Bonchev–Trinajstić information content (AvgIpc) is 2.19. The fourth-order valence-electron chi connectivity index (χ4n) is 0.941. The summed E-state index contributed by atoms with van der Waals surface area (Å²) >= 11 is 0. The summed E-state index contributed by atoms with van der Waals surface area (Å²) in [7, 11) is 0. The molecule has 0 unspecified atom stereocenters. The van der Waals surface area contributed by atoms with Gasteiger partial charge in [-0.3, -0.25) is 5.43 Å². The van der Waals surface area contributed by atoms with E-state index in [1.807, 2.05) is 12.1 Å². The van der Waals surface area contributed by atoms with Gasteiger partial charge >= 0.3 is 0 Å². The summed E-state index contributed by atoms with van der Waals surface area (Å²) in [5.41, 5.74) is 3.87. The van der Waals surface area contributed by atoms with Crippen LogP contribution in [0.25, 0.3) is 0 Å². The third-order valence-corrected chi connectivity index (χ3v) is 1.53. The van der Waals surface area contributed by atoms with Gasteiger partial charge in [-0.05, 0) is 11.6 Å². The lowest BCUT2D eigenvalue weighted by Crippen LogP contribution is -2.05. The van der Waals surface area contributed by atoms with Crippen LogP contribution in [0.5, 0.6) is 0 Å². The molecule has 0 heterocycles. The molecule has 0 bridgehead atoms. The number of hydrogen-bond acceptors (Lipinski definition) is 4. The van der Waals surface area contributed by atoms with Gasteiger partial charge in [-0.25, -0.2) is 4.79 Å². The highest BCUT2D eigenvalue weighted by atomic mass is 16.1. The number of nitriles is 1. The van der Waals surface area contributed by atoms with Crippen molar-refractivity contribution in [3.8, 4) is 6.07 Å². The van der Waals surface area contributed by atoms with Crippen molar-refractivity contribution in [3.05, 3.63) is 35.4 Å². The van der Waals surface area contributed by atoms with Crippen LogP contribution in [-0.4, -0.2) is 6.08 Å². The second kappa shape index (κ2) is 4.70. The summed E-state index contributed by atoms with van der Waals surface area (Å²) in [5, 5.41) is 11.9. The van der Waals surface area contributed by atoms with Gasteiger partial charge < -0.3 is 0 Å². The van der Waals surface area contributed by atoms with E-state index in [1.165, 1.54) is 6.08 Å². The van der Waals surface area contributed by atoms with Crippen LogP contribution in [0.3, 0.4) is 0 Å². The molecule has 4 heteroatoms. The Kier molecular flexibility index (Phi) is 3.25. The van der Waals surface area contributed by atoms with E-state index in [0.717, 1.165) is 5.56 Å². The smallest absolute Gasteiger partial charge is 0.258 e. The summed E-state index contributed by atoms with van der Waals surface area (Å²) in [6.45, 7) is 0.360. The van der Waals surface area contributed by atoms with E-state index < -0.39 is 0 Å². The molecule has 1 aromatic rings. The minimum atomic E-state index is 0.360. The van der Waals surface area contributed by atoms with Gasteiger partial charge in [0.2, 0.25) is 0 Å². The fraction of sp³-hybridized carbons (Fsp3) is 0.111. The van der Waals surface area contributed by atoms with Crippen LogP contribution in [0, 0.1) is 11.3 Å². The molecule has 4 nitrogen and oxygen atoms in total. The van der Waals surface area contributed by atoms with E-state index in [4.69, 9.17) is 5.26 Å². The Bertz CT molecular complexity index is 375. The van der Waals surface area contributed by atoms with Gasteiger partial charge in [0.25, 0.3) is 6.08 Å². The lowest BCUT2D eigenvalue weighted by Gasteiger charge is -2.00. The maximum Gasteiger partial charge on any atom is 0.258 e. The second-order valence-corrected chi connectivity index (χ2v) is 2.31. The zero-order chi connectivity index (χ0) is 9.52. The van der Waals surface area contributed by atoms with E-state index >= 15 is 0 Å². The van der Waals surface area contributed by atoms with Crippen LogP contribution in [-0.2, 0) is 11.3 Å². The maximum atomic E-state index is 9.73. The number of hydrazone groups is 1. The molecule has 0 aliphatic heterocycles. The van der Waals surface area contributed by atoms with Gasteiger partial charge in [0, 0.05) is 0 Å². The molecule has 13 heavy (non-hydrogen) atoms. The number of nitrogens with zero attached hydrogens (tertiary/aromatic N) is 2. The number of rotatable bonds is 3. The monoisotopic (exact) mass is 173 g/mol. The van der Waals surface area contributed by atoms with E-state index in [9.17, 15) is 4.79 Å². The van der Waals surface area contributed by atoms with E-state index in [2.05, 4.69) is 10.5 Å². The minimum absolute atomic E-state index is 0.360. The standard InChI is InChI=1S/C9H7N3O/c10-5-8-3-1-2-4-9(8)6-11-12-7-13/h1-4,11H,6H2. The molecule has 64 valence electrons. The Morgan fingerprint density at radius 3 is 2.92 bits per heavy atom. The number of benzene rings is 1. The van der Waals surface area contributed by atoms with Crippen LogP contribution in [0.15, 0.2) is 29.4 Å². The second-order valence-electron chi connectivity index (χ2n) is 2.31. The van der Waals surface area contributed by atoms with Crippen molar-refractivity contribution >= 4 is 6.08 Å². The molecule has 0 aliphatic carbocycles. The topological polar surface area (TPSA) is 65.2 Å². The van der Waals surface area contributed by atoms with Crippen molar-refractivity contribution in [2.75, 3.05) is 0 Å². The molecule has 0 atom stereocenters. The Labute approximate surface area is 75.5 Å². The first-order valence-corrected chi connectivity index (χ1v) is 3.66. The molecule has 0 saturated heterocycles. The minimum Gasteiger partial charge on any atom is -0.295 e. The molecule has 0 aromatic heterocycles. The van der Waals surface area contributed by atoms with Crippen LogP contribution in [0.1, 0.15) is 11.1 Å². The Morgan fingerprint density at radius 1 is 1.46 bits per heavy atom. The van der Waals surface area contributed by atoms with Crippen molar-refractivity contribution in [3.63, 3.8) is 0 Å².